The predicted molar refractivity (Wildman–Crippen MR) is 97.9 cm³/mol. The standard InChI is InChI=1S/C18H20BrNO.ClH/c19-17-12-16(15-4-2-1-3-5-15)6-7-18(17)21-13-14-8-10-20-11-9-14;/h1-7,12,14,20H,8-11,13H2;1H. The fourth-order valence-electron chi connectivity index (χ4n) is 2.68. The third-order valence-electron chi connectivity index (χ3n) is 3.97. The minimum Gasteiger partial charge on any atom is -0.492 e. The molecule has 0 unspecified atom stereocenters. The number of benzene rings is 2. The van der Waals surface area contributed by atoms with Gasteiger partial charge >= 0.3 is 0 Å². The number of halogens is 2. The van der Waals surface area contributed by atoms with Crippen LogP contribution in [0, 0.1) is 5.92 Å². The van der Waals surface area contributed by atoms with Crippen molar-refractivity contribution in [3.63, 3.8) is 0 Å². The Labute approximate surface area is 146 Å². The zero-order valence-electron chi connectivity index (χ0n) is 12.4. The second-order valence-electron chi connectivity index (χ2n) is 5.52. The summed E-state index contributed by atoms with van der Waals surface area (Å²) in [6, 6.07) is 16.7. The van der Waals surface area contributed by atoms with E-state index in [-0.39, 0.29) is 12.4 Å². The smallest absolute Gasteiger partial charge is 0.133 e. The van der Waals surface area contributed by atoms with Crippen molar-refractivity contribution >= 4 is 28.3 Å². The number of hydrogen-bond donors (Lipinski definition) is 1. The molecule has 0 saturated carbocycles. The van der Waals surface area contributed by atoms with Gasteiger partial charge in [-0.1, -0.05) is 36.4 Å². The Balaban J connectivity index is 0.00000176. The summed E-state index contributed by atoms with van der Waals surface area (Å²) in [5.74, 6) is 1.61. The summed E-state index contributed by atoms with van der Waals surface area (Å²) < 4.78 is 7.02. The lowest BCUT2D eigenvalue weighted by Crippen LogP contribution is -2.30. The first kappa shape index (κ1) is 17.3. The fourth-order valence-corrected chi connectivity index (χ4v) is 3.18. The molecule has 2 aromatic carbocycles. The second kappa shape index (κ2) is 8.56. The Morgan fingerprint density at radius 2 is 1.73 bits per heavy atom. The van der Waals surface area contributed by atoms with Gasteiger partial charge in [-0.05, 0) is 71.0 Å². The Hall–Kier alpha value is -1.03. The molecule has 22 heavy (non-hydrogen) atoms. The van der Waals surface area contributed by atoms with E-state index in [1.165, 1.54) is 24.0 Å². The molecule has 0 spiro atoms. The van der Waals surface area contributed by atoms with E-state index < -0.39 is 0 Å². The van der Waals surface area contributed by atoms with Gasteiger partial charge in [-0.25, -0.2) is 0 Å². The highest BCUT2D eigenvalue weighted by Gasteiger charge is 2.14. The molecule has 1 aliphatic heterocycles. The molecule has 0 amide bonds. The van der Waals surface area contributed by atoms with Gasteiger partial charge in [0.2, 0.25) is 0 Å². The normalized spacial score (nSPS) is 15.1. The van der Waals surface area contributed by atoms with Gasteiger partial charge in [0, 0.05) is 0 Å². The largest absolute Gasteiger partial charge is 0.492 e. The van der Waals surface area contributed by atoms with Crippen molar-refractivity contribution in [1.82, 2.24) is 5.32 Å². The van der Waals surface area contributed by atoms with Crippen molar-refractivity contribution in [2.75, 3.05) is 19.7 Å². The maximum absolute atomic E-state index is 5.99. The number of nitrogens with one attached hydrogen (secondary N) is 1. The zero-order valence-corrected chi connectivity index (χ0v) is 14.8. The van der Waals surface area contributed by atoms with Gasteiger partial charge in [-0.15, -0.1) is 12.4 Å². The summed E-state index contributed by atoms with van der Waals surface area (Å²) in [6.45, 7) is 3.04. The molecule has 4 heteroatoms. The lowest BCUT2D eigenvalue weighted by molar-refractivity contribution is 0.214. The molecular weight excluding hydrogens is 362 g/mol. The van der Waals surface area contributed by atoms with Crippen LogP contribution in [0.25, 0.3) is 11.1 Å². The summed E-state index contributed by atoms with van der Waals surface area (Å²) in [5.41, 5.74) is 2.43. The third kappa shape index (κ3) is 4.48. The van der Waals surface area contributed by atoms with Crippen LogP contribution in [0.15, 0.2) is 53.0 Å². The molecule has 0 aromatic heterocycles. The van der Waals surface area contributed by atoms with E-state index in [0.717, 1.165) is 29.9 Å². The molecule has 2 nitrogen and oxygen atoms in total. The number of rotatable bonds is 4. The van der Waals surface area contributed by atoms with Gasteiger partial charge in [-0.3, -0.25) is 0 Å². The molecule has 3 rings (SSSR count). The molecule has 0 atom stereocenters. The molecule has 1 saturated heterocycles. The Morgan fingerprint density at radius 3 is 2.41 bits per heavy atom. The van der Waals surface area contributed by atoms with Crippen LogP contribution in [0.2, 0.25) is 0 Å². The first-order valence-electron chi connectivity index (χ1n) is 7.51. The lowest BCUT2D eigenvalue weighted by atomic mass is 9.99. The monoisotopic (exact) mass is 381 g/mol. The Morgan fingerprint density at radius 1 is 1.00 bits per heavy atom. The van der Waals surface area contributed by atoms with Gasteiger partial charge in [0.15, 0.2) is 0 Å². The molecule has 118 valence electrons. The third-order valence-corrected chi connectivity index (χ3v) is 4.59. The minimum absolute atomic E-state index is 0. The topological polar surface area (TPSA) is 21.3 Å². The van der Waals surface area contributed by atoms with Crippen molar-refractivity contribution in [2.45, 2.75) is 12.8 Å². The predicted octanol–water partition coefficient (Wildman–Crippen LogP) is 4.92. The SMILES string of the molecule is Brc1cc(-c2ccccc2)ccc1OCC1CCNCC1.Cl. The van der Waals surface area contributed by atoms with E-state index in [1.807, 2.05) is 6.07 Å². The van der Waals surface area contributed by atoms with Gasteiger partial charge in [-0.2, -0.15) is 0 Å². The Kier molecular flexibility index (Phi) is 6.74. The molecule has 1 N–H and O–H groups in total. The zero-order chi connectivity index (χ0) is 14.5. The van der Waals surface area contributed by atoms with E-state index in [4.69, 9.17) is 4.74 Å². The van der Waals surface area contributed by atoms with Crippen molar-refractivity contribution in [3.8, 4) is 16.9 Å². The summed E-state index contributed by atoms with van der Waals surface area (Å²) in [7, 11) is 0. The molecular formula is C18H21BrClNO. The highest BCUT2D eigenvalue weighted by molar-refractivity contribution is 9.10. The molecule has 0 radical (unpaired) electrons. The van der Waals surface area contributed by atoms with Crippen molar-refractivity contribution in [3.05, 3.63) is 53.0 Å². The second-order valence-corrected chi connectivity index (χ2v) is 6.37. The highest BCUT2D eigenvalue weighted by Crippen LogP contribution is 2.31. The summed E-state index contributed by atoms with van der Waals surface area (Å²) in [4.78, 5) is 0. The van der Waals surface area contributed by atoms with Crippen LogP contribution in [0.4, 0.5) is 0 Å². The molecule has 0 aliphatic carbocycles. The molecule has 1 heterocycles. The summed E-state index contributed by atoms with van der Waals surface area (Å²) in [5, 5.41) is 3.39. The van der Waals surface area contributed by atoms with Crippen molar-refractivity contribution in [1.29, 1.82) is 0 Å². The fraction of sp³-hybridized carbons (Fsp3) is 0.333. The first-order chi connectivity index (χ1) is 10.3. The van der Waals surface area contributed by atoms with Crippen molar-refractivity contribution in [2.24, 2.45) is 5.92 Å². The quantitative estimate of drug-likeness (QED) is 0.810. The van der Waals surface area contributed by atoms with E-state index in [1.54, 1.807) is 0 Å². The maximum atomic E-state index is 5.99. The number of ether oxygens (including phenoxy) is 1. The van der Waals surface area contributed by atoms with E-state index in [9.17, 15) is 0 Å². The maximum Gasteiger partial charge on any atom is 0.133 e. The van der Waals surface area contributed by atoms with Crippen LogP contribution in [0.5, 0.6) is 5.75 Å². The van der Waals surface area contributed by atoms with Gasteiger partial charge in [0.25, 0.3) is 0 Å². The number of hydrogen-bond acceptors (Lipinski definition) is 2. The van der Waals surface area contributed by atoms with Gasteiger partial charge in [0.1, 0.15) is 5.75 Å². The molecule has 1 fully saturated rings. The molecule has 0 bridgehead atoms. The summed E-state index contributed by atoms with van der Waals surface area (Å²) in [6.07, 6.45) is 2.42. The van der Waals surface area contributed by atoms with Crippen LogP contribution in [-0.2, 0) is 0 Å². The van der Waals surface area contributed by atoms with E-state index >= 15 is 0 Å². The average Bonchev–Trinajstić information content (AvgIpc) is 2.55. The highest BCUT2D eigenvalue weighted by atomic mass is 79.9. The van der Waals surface area contributed by atoms with Crippen LogP contribution in [0.1, 0.15) is 12.8 Å². The van der Waals surface area contributed by atoms with Gasteiger partial charge in [0.05, 0.1) is 11.1 Å². The Bertz CT molecular complexity index is 585. The van der Waals surface area contributed by atoms with Crippen molar-refractivity contribution < 1.29 is 4.74 Å². The van der Waals surface area contributed by atoms with Crippen LogP contribution in [-0.4, -0.2) is 19.7 Å². The van der Waals surface area contributed by atoms with Crippen LogP contribution < -0.4 is 10.1 Å². The summed E-state index contributed by atoms with van der Waals surface area (Å²) >= 11 is 3.63. The lowest BCUT2D eigenvalue weighted by Gasteiger charge is -2.23. The average molecular weight is 383 g/mol. The molecule has 1 aliphatic rings. The minimum atomic E-state index is 0. The van der Waals surface area contributed by atoms with E-state index in [2.05, 4.69) is 63.7 Å². The van der Waals surface area contributed by atoms with E-state index in [0.29, 0.717) is 5.92 Å². The number of piperidine rings is 1. The first-order valence-corrected chi connectivity index (χ1v) is 8.31. The van der Waals surface area contributed by atoms with Gasteiger partial charge < -0.3 is 10.1 Å². The molecule has 2 aromatic rings. The van der Waals surface area contributed by atoms with Crippen LogP contribution >= 0.6 is 28.3 Å². The van der Waals surface area contributed by atoms with Crippen LogP contribution in [0.3, 0.4) is 0 Å².